The highest BCUT2D eigenvalue weighted by molar-refractivity contribution is 4.43. The number of hydrazine groups is 1. The summed E-state index contributed by atoms with van der Waals surface area (Å²) < 4.78 is 0. The Hall–Kier alpha value is -0.120. The second-order valence-corrected chi connectivity index (χ2v) is 1.86. The predicted molar refractivity (Wildman–Crippen MR) is 35.1 cm³/mol. The first-order valence-corrected chi connectivity index (χ1v) is 3.01. The molecule has 0 aromatic rings. The quantitative estimate of drug-likeness (QED) is 0.271. The van der Waals surface area contributed by atoms with Gasteiger partial charge in [-0.3, -0.25) is 5.43 Å². The van der Waals surface area contributed by atoms with E-state index in [9.17, 15) is 0 Å². The van der Waals surface area contributed by atoms with Crippen molar-refractivity contribution in [2.24, 2.45) is 5.73 Å². The Morgan fingerprint density at radius 2 is 2.25 bits per heavy atom. The largest absolute Gasteiger partial charge is 0.315 e. The van der Waals surface area contributed by atoms with Gasteiger partial charge < -0.3 is 5.73 Å². The monoisotopic (exact) mass is 117 g/mol. The van der Waals surface area contributed by atoms with Crippen molar-refractivity contribution in [1.82, 2.24) is 10.9 Å². The summed E-state index contributed by atoms with van der Waals surface area (Å²) in [4.78, 5) is 0. The van der Waals surface area contributed by atoms with Gasteiger partial charge in [0.2, 0.25) is 0 Å². The van der Waals surface area contributed by atoms with Gasteiger partial charge >= 0.3 is 0 Å². The lowest BCUT2D eigenvalue weighted by Crippen LogP contribution is -2.44. The van der Waals surface area contributed by atoms with Gasteiger partial charge in [-0.25, -0.2) is 5.43 Å². The van der Waals surface area contributed by atoms with Gasteiger partial charge in [0.1, 0.15) is 0 Å². The summed E-state index contributed by atoms with van der Waals surface area (Å²) in [6.45, 7) is 4.97. The van der Waals surface area contributed by atoms with E-state index in [2.05, 4.69) is 17.8 Å². The molecule has 0 spiro atoms. The second kappa shape index (κ2) is 5.03. The highest BCUT2D eigenvalue weighted by atomic mass is 15.4. The maximum Gasteiger partial charge on any atom is 0.0650 e. The summed E-state index contributed by atoms with van der Waals surface area (Å²) in [7, 11) is 0. The van der Waals surface area contributed by atoms with Crippen LogP contribution >= 0.6 is 0 Å². The van der Waals surface area contributed by atoms with Crippen molar-refractivity contribution in [1.29, 1.82) is 0 Å². The number of hydrogen-bond acceptors (Lipinski definition) is 3. The summed E-state index contributed by atoms with van der Waals surface area (Å²) in [6.07, 6.45) is 1.17. The zero-order valence-electron chi connectivity index (χ0n) is 5.57. The lowest BCUT2D eigenvalue weighted by atomic mass is 10.5. The van der Waals surface area contributed by atoms with Crippen molar-refractivity contribution in [3.63, 3.8) is 0 Å². The van der Waals surface area contributed by atoms with Crippen molar-refractivity contribution in [2.45, 2.75) is 26.4 Å². The highest BCUT2D eigenvalue weighted by Crippen LogP contribution is 1.66. The molecule has 0 heterocycles. The van der Waals surface area contributed by atoms with Crippen LogP contribution in [-0.2, 0) is 0 Å². The van der Waals surface area contributed by atoms with Crippen LogP contribution in [0.2, 0.25) is 0 Å². The third-order valence-electron chi connectivity index (χ3n) is 0.705. The van der Waals surface area contributed by atoms with Gasteiger partial charge in [0.05, 0.1) is 6.17 Å². The SMILES string of the molecule is CCCNNC(C)N. The first-order valence-electron chi connectivity index (χ1n) is 3.01. The first-order chi connectivity index (χ1) is 3.77. The number of hydrogen-bond donors (Lipinski definition) is 3. The summed E-state index contributed by atoms with van der Waals surface area (Å²) in [5.74, 6) is 0. The summed E-state index contributed by atoms with van der Waals surface area (Å²) in [5.41, 5.74) is 11.2. The molecule has 0 aromatic heterocycles. The summed E-state index contributed by atoms with van der Waals surface area (Å²) >= 11 is 0. The van der Waals surface area contributed by atoms with Crippen molar-refractivity contribution in [2.75, 3.05) is 6.54 Å². The second-order valence-electron chi connectivity index (χ2n) is 1.86. The van der Waals surface area contributed by atoms with Crippen LogP contribution in [0, 0.1) is 0 Å². The van der Waals surface area contributed by atoms with Crippen LogP contribution in [0.5, 0.6) is 0 Å². The number of nitrogens with one attached hydrogen (secondary N) is 2. The molecule has 8 heavy (non-hydrogen) atoms. The minimum absolute atomic E-state index is 0.0431. The molecule has 0 saturated heterocycles. The molecule has 0 saturated carbocycles. The van der Waals surface area contributed by atoms with E-state index in [1.165, 1.54) is 0 Å². The summed E-state index contributed by atoms with van der Waals surface area (Å²) in [6, 6.07) is 0. The molecule has 0 rings (SSSR count). The Bertz CT molecular complexity index is 44.9. The van der Waals surface area contributed by atoms with Gasteiger partial charge in [0.15, 0.2) is 0 Å². The minimum Gasteiger partial charge on any atom is -0.315 e. The molecule has 0 bridgehead atoms. The maximum atomic E-state index is 5.36. The van der Waals surface area contributed by atoms with Crippen molar-refractivity contribution < 1.29 is 0 Å². The lowest BCUT2D eigenvalue weighted by Gasteiger charge is -2.07. The van der Waals surface area contributed by atoms with E-state index < -0.39 is 0 Å². The number of rotatable bonds is 4. The van der Waals surface area contributed by atoms with Crippen LogP contribution in [0.3, 0.4) is 0 Å². The van der Waals surface area contributed by atoms with Gasteiger partial charge in [-0.15, -0.1) is 0 Å². The molecular weight excluding hydrogens is 102 g/mol. The molecule has 4 N–H and O–H groups in total. The molecule has 50 valence electrons. The van der Waals surface area contributed by atoms with Crippen molar-refractivity contribution in [3.8, 4) is 0 Å². The fourth-order valence-corrected chi connectivity index (χ4v) is 0.358. The van der Waals surface area contributed by atoms with E-state index in [1.54, 1.807) is 0 Å². The van der Waals surface area contributed by atoms with Gasteiger partial charge in [0.25, 0.3) is 0 Å². The normalized spacial score (nSPS) is 13.9. The molecule has 0 aromatic carbocycles. The zero-order valence-corrected chi connectivity index (χ0v) is 5.57. The highest BCUT2D eigenvalue weighted by Gasteiger charge is 1.85. The van der Waals surface area contributed by atoms with Crippen LogP contribution in [0.1, 0.15) is 20.3 Å². The maximum absolute atomic E-state index is 5.36. The number of nitrogens with two attached hydrogens (primary N) is 1. The Morgan fingerprint density at radius 1 is 1.62 bits per heavy atom. The van der Waals surface area contributed by atoms with E-state index >= 15 is 0 Å². The molecular formula is C5H15N3. The first kappa shape index (κ1) is 7.88. The van der Waals surface area contributed by atoms with E-state index in [1.807, 2.05) is 6.92 Å². The van der Waals surface area contributed by atoms with Crippen LogP contribution in [0.15, 0.2) is 0 Å². The molecule has 3 nitrogen and oxygen atoms in total. The molecule has 0 aliphatic heterocycles. The predicted octanol–water partition coefficient (Wildman–Crippen LogP) is -0.205. The summed E-state index contributed by atoms with van der Waals surface area (Å²) in [5, 5.41) is 0. The van der Waals surface area contributed by atoms with E-state index in [4.69, 9.17) is 5.73 Å². The average molecular weight is 117 g/mol. The minimum atomic E-state index is 0.0431. The van der Waals surface area contributed by atoms with Crippen LogP contribution in [0.25, 0.3) is 0 Å². The Kier molecular flexibility index (Phi) is 4.95. The van der Waals surface area contributed by atoms with Crippen LogP contribution < -0.4 is 16.6 Å². The molecule has 0 aliphatic carbocycles. The fraction of sp³-hybridized carbons (Fsp3) is 1.00. The van der Waals surface area contributed by atoms with E-state index in [-0.39, 0.29) is 6.17 Å². The Labute approximate surface area is 50.6 Å². The molecule has 0 aliphatic rings. The smallest absolute Gasteiger partial charge is 0.0650 e. The third-order valence-corrected chi connectivity index (χ3v) is 0.705. The zero-order chi connectivity index (χ0) is 6.41. The van der Waals surface area contributed by atoms with Crippen molar-refractivity contribution in [3.05, 3.63) is 0 Å². The van der Waals surface area contributed by atoms with Crippen LogP contribution in [-0.4, -0.2) is 12.7 Å². The Balaban J connectivity index is 2.72. The topological polar surface area (TPSA) is 50.1 Å². The van der Waals surface area contributed by atoms with E-state index in [0.717, 1.165) is 13.0 Å². The van der Waals surface area contributed by atoms with Crippen molar-refractivity contribution >= 4 is 0 Å². The van der Waals surface area contributed by atoms with Gasteiger partial charge in [-0.05, 0) is 13.3 Å². The molecule has 0 radical (unpaired) electrons. The van der Waals surface area contributed by atoms with Gasteiger partial charge in [-0.2, -0.15) is 0 Å². The molecule has 0 fully saturated rings. The van der Waals surface area contributed by atoms with E-state index in [0.29, 0.717) is 0 Å². The average Bonchev–Trinajstić information content (AvgIpc) is 1.66. The Morgan fingerprint density at radius 3 is 2.62 bits per heavy atom. The molecule has 1 atom stereocenters. The van der Waals surface area contributed by atoms with Crippen LogP contribution in [0.4, 0.5) is 0 Å². The molecule has 1 unspecified atom stereocenters. The molecule has 3 heteroatoms. The van der Waals surface area contributed by atoms with Gasteiger partial charge in [0, 0.05) is 6.54 Å². The standard InChI is InChI=1S/C5H15N3/c1-3-4-7-8-5(2)6/h5,7-8H,3-4,6H2,1-2H3. The fourth-order valence-electron chi connectivity index (χ4n) is 0.358. The van der Waals surface area contributed by atoms with Gasteiger partial charge in [-0.1, -0.05) is 6.92 Å². The third kappa shape index (κ3) is 5.88. The molecule has 0 amide bonds. The lowest BCUT2D eigenvalue weighted by molar-refractivity contribution is 0.459.